The molecule has 1 unspecified atom stereocenters. The van der Waals surface area contributed by atoms with Crippen LogP contribution < -0.4 is 5.32 Å². The van der Waals surface area contributed by atoms with E-state index in [1.807, 2.05) is 11.4 Å². The molecule has 0 fully saturated rings. The number of hydrogen-bond donors (Lipinski definition) is 2. The third-order valence-electron chi connectivity index (χ3n) is 3.44. The van der Waals surface area contributed by atoms with Gasteiger partial charge in [0.2, 0.25) is 5.76 Å². The summed E-state index contributed by atoms with van der Waals surface area (Å²) < 4.78 is 4.78. The van der Waals surface area contributed by atoms with Gasteiger partial charge in [-0.1, -0.05) is 5.16 Å². The summed E-state index contributed by atoms with van der Waals surface area (Å²) >= 11 is 1.66. The van der Waals surface area contributed by atoms with Crippen LogP contribution >= 0.6 is 11.3 Å². The standard InChI is InChI=1S/C13H14N2O3S/c16-12(10-3-6-15-18-10)14-8-13(17)5-1-2-11-9(13)4-7-19-11/h3-4,6-7,17H,1-2,5,8H2,(H,14,16). The fourth-order valence-electron chi connectivity index (χ4n) is 2.46. The summed E-state index contributed by atoms with van der Waals surface area (Å²) in [4.78, 5) is 13.0. The maximum absolute atomic E-state index is 11.8. The lowest BCUT2D eigenvalue weighted by Crippen LogP contribution is -2.42. The lowest BCUT2D eigenvalue weighted by Gasteiger charge is -2.32. The molecule has 1 aliphatic carbocycles. The molecule has 5 nitrogen and oxygen atoms in total. The van der Waals surface area contributed by atoms with Crippen LogP contribution in [0.4, 0.5) is 0 Å². The van der Waals surface area contributed by atoms with Crippen LogP contribution in [-0.4, -0.2) is 22.7 Å². The van der Waals surface area contributed by atoms with Gasteiger partial charge in [-0.25, -0.2) is 0 Å². The lowest BCUT2D eigenvalue weighted by atomic mass is 9.83. The number of aliphatic hydroxyl groups is 1. The smallest absolute Gasteiger partial charge is 0.290 e. The second-order valence-corrected chi connectivity index (χ2v) is 5.70. The normalized spacial score (nSPS) is 21.9. The second-order valence-electron chi connectivity index (χ2n) is 4.70. The molecule has 0 saturated carbocycles. The fraction of sp³-hybridized carbons (Fsp3) is 0.385. The van der Waals surface area contributed by atoms with Gasteiger partial charge in [0.25, 0.3) is 5.91 Å². The molecule has 0 spiro atoms. The zero-order valence-electron chi connectivity index (χ0n) is 10.3. The average Bonchev–Trinajstić information content (AvgIpc) is 3.07. The third kappa shape index (κ3) is 2.29. The van der Waals surface area contributed by atoms with E-state index in [1.54, 1.807) is 11.3 Å². The van der Waals surface area contributed by atoms with Crippen LogP contribution in [0.5, 0.6) is 0 Å². The van der Waals surface area contributed by atoms with E-state index in [4.69, 9.17) is 4.52 Å². The van der Waals surface area contributed by atoms with Crippen LogP contribution in [0, 0.1) is 0 Å². The molecule has 1 amide bonds. The Hall–Kier alpha value is -1.66. The number of carbonyl (C=O) groups excluding carboxylic acids is 1. The van der Waals surface area contributed by atoms with Gasteiger partial charge in [0.05, 0.1) is 12.7 Å². The molecule has 2 N–H and O–H groups in total. The summed E-state index contributed by atoms with van der Waals surface area (Å²) in [6.45, 7) is 0.191. The molecule has 0 aliphatic heterocycles. The van der Waals surface area contributed by atoms with E-state index in [9.17, 15) is 9.90 Å². The highest BCUT2D eigenvalue weighted by molar-refractivity contribution is 7.10. The van der Waals surface area contributed by atoms with Gasteiger partial charge in [0, 0.05) is 10.9 Å². The number of aromatic nitrogens is 1. The van der Waals surface area contributed by atoms with Crippen LogP contribution in [-0.2, 0) is 12.0 Å². The molecule has 2 heterocycles. The van der Waals surface area contributed by atoms with Crippen LogP contribution in [0.25, 0.3) is 0 Å². The number of aryl methyl sites for hydroxylation is 1. The quantitative estimate of drug-likeness (QED) is 0.896. The average molecular weight is 278 g/mol. The highest BCUT2D eigenvalue weighted by atomic mass is 32.1. The number of nitrogens with zero attached hydrogens (tertiary/aromatic N) is 1. The van der Waals surface area contributed by atoms with Crippen molar-refractivity contribution in [1.29, 1.82) is 0 Å². The first kappa shape index (κ1) is 12.4. The van der Waals surface area contributed by atoms with Crippen LogP contribution in [0.15, 0.2) is 28.2 Å². The van der Waals surface area contributed by atoms with Crippen molar-refractivity contribution in [3.63, 3.8) is 0 Å². The zero-order chi connectivity index (χ0) is 13.3. The van der Waals surface area contributed by atoms with Crippen LogP contribution in [0.3, 0.4) is 0 Å². The molecule has 0 bridgehead atoms. The summed E-state index contributed by atoms with van der Waals surface area (Å²) in [6, 6.07) is 3.44. The van der Waals surface area contributed by atoms with Crippen LogP contribution in [0.1, 0.15) is 33.8 Å². The minimum absolute atomic E-state index is 0.157. The van der Waals surface area contributed by atoms with Crippen molar-refractivity contribution in [3.8, 4) is 0 Å². The van der Waals surface area contributed by atoms with Gasteiger partial charge in [0.1, 0.15) is 5.60 Å². The Morgan fingerprint density at radius 3 is 3.26 bits per heavy atom. The third-order valence-corrected chi connectivity index (χ3v) is 4.42. The van der Waals surface area contributed by atoms with Crippen molar-refractivity contribution in [2.45, 2.75) is 24.9 Å². The molecule has 0 aromatic carbocycles. The molecular weight excluding hydrogens is 264 g/mol. The molecule has 1 atom stereocenters. The van der Waals surface area contributed by atoms with Gasteiger partial charge in [-0.05, 0) is 36.3 Å². The molecule has 6 heteroatoms. The Kier molecular flexibility index (Phi) is 3.12. The maximum Gasteiger partial charge on any atom is 0.290 e. The number of hydrogen-bond acceptors (Lipinski definition) is 5. The predicted molar refractivity (Wildman–Crippen MR) is 70.0 cm³/mol. The van der Waals surface area contributed by atoms with Crippen molar-refractivity contribution in [1.82, 2.24) is 10.5 Å². The van der Waals surface area contributed by atoms with E-state index >= 15 is 0 Å². The largest absolute Gasteiger partial charge is 0.383 e. The number of carbonyl (C=O) groups is 1. The number of fused-ring (bicyclic) bond motifs is 1. The van der Waals surface area contributed by atoms with Gasteiger partial charge in [-0.2, -0.15) is 0 Å². The van der Waals surface area contributed by atoms with Crippen molar-refractivity contribution >= 4 is 17.2 Å². The minimum Gasteiger partial charge on any atom is -0.383 e. The first-order valence-electron chi connectivity index (χ1n) is 6.17. The van der Waals surface area contributed by atoms with Gasteiger partial charge in [0.15, 0.2) is 0 Å². The SMILES string of the molecule is O=C(NCC1(O)CCCc2sccc21)c1ccno1. The Labute approximate surface area is 114 Å². The first-order valence-corrected chi connectivity index (χ1v) is 7.05. The molecule has 1 aliphatic rings. The highest BCUT2D eigenvalue weighted by Crippen LogP contribution is 2.37. The molecule has 0 saturated heterocycles. The van der Waals surface area contributed by atoms with E-state index in [-0.39, 0.29) is 18.2 Å². The number of thiophene rings is 1. The topological polar surface area (TPSA) is 75.4 Å². The molecule has 0 radical (unpaired) electrons. The second kappa shape index (κ2) is 4.79. The molecule has 19 heavy (non-hydrogen) atoms. The van der Waals surface area contributed by atoms with E-state index < -0.39 is 5.60 Å². The molecule has 2 aromatic heterocycles. The van der Waals surface area contributed by atoms with Gasteiger partial charge in [-0.3, -0.25) is 4.79 Å². The first-order chi connectivity index (χ1) is 9.19. The zero-order valence-corrected chi connectivity index (χ0v) is 11.1. The van der Waals surface area contributed by atoms with Crippen molar-refractivity contribution in [3.05, 3.63) is 39.9 Å². The summed E-state index contributed by atoms with van der Waals surface area (Å²) in [7, 11) is 0. The predicted octanol–water partition coefficient (Wildman–Crippen LogP) is 1.69. The molecule has 100 valence electrons. The van der Waals surface area contributed by atoms with E-state index in [0.29, 0.717) is 6.42 Å². The summed E-state index contributed by atoms with van der Waals surface area (Å²) in [5.74, 6) is -0.196. The molecular formula is C13H14N2O3S. The summed E-state index contributed by atoms with van der Waals surface area (Å²) in [5.41, 5.74) is -0.0230. The van der Waals surface area contributed by atoms with Crippen molar-refractivity contribution < 1.29 is 14.4 Å². The minimum atomic E-state index is -0.969. The summed E-state index contributed by atoms with van der Waals surface area (Å²) in [6.07, 6.45) is 4.02. The van der Waals surface area contributed by atoms with E-state index in [0.717, 1.165) is 18.4 Å². The Bertz CT molecular complexity index is 578. The monoisotopic (exact) mass is 278 g/mol. The highest BCUT2D eigenvalue weighted by Gasteiger charge is 2.35. The van der Waals surface area contributed by atoms with E-state index in [1.165, 1.54) is 17.1 Å². The summed E-state index contributed by atoms with van der Waals surface area (Å²) in [5, 5.41) is 18.9. The van der Waals surface area contributed by atoms with Gasteiger partial charge >= 0.3 is 0 Å². The van der Waals surface area contributed by atoms with Gasteiger partial charge in [-0.15, -0.1) is 11.3 Å². The molecule has 2 aromatic rings. The van der Waals surface area contributed by atoms with Crippen LogP contribution in [0.2, 0.25) is 0 Å². The number of amides is 1. The Morgan fingerprint density at radius 2 is 2.47 bits per heavy atom. The fourth-order valence-corrected chi connectivity index (χ4v) is 3.47. The van der Waals surface area contributed by atoms with Crippen molar-refractivity contribution in [2.75, 3.05) is 6.54 Å². The van der Waals surface area contributed by atoms with Gasteiger partial charge < -0.3 is 14.9 Å². The lowest BCUT2D eigenvalue weighted by molar-refractivity contribution is 0.0193. The Balaban J connectivity index is 1.72. The van der Waals surface area contributed by atoms with E-state index in [2.05, 4.69) is 10.5 Å². The maximum atomic E-state index is 11.8. The molecule has 3 rings (SSSR count). The Morgan fingerprint density at radius 1 is 1.58 bits per heavy atom. The number of rotatable bonds is 3. The number of nitrogens with one attached hydrogen (secondary N) is 1. The van der Waals surface area contributed by atoms with Crippen molar-refractivity contribution in [2.24, 2.45) is 0 Å².